The molecule has 2 aliphatic heterocycles. The lowest BCUT2D eigenvalue weighted by atomic mass is 10.2. The van der Waals surface area contributed by atoms with E-state index < -0.39 is 20.9 Å². The maximum Gasteiger partial charge on any atom is 0.269 e. The van der Waals surface area contributed by atoms with Gasteiger partial charge < -0.3 is 19.9 Å². The van der Waals surface area contributed by atoms with Crippen LogP contribution in [0.15, 0.2) is 53.4 Å². The van der Waals surface area contributed by atoms with Gasteiger partial charge in [-0.2, -0.15) is 4.31 Å². The van der Waals surface area contributed by atoms with Gasteiger partial charge in [-0.05, 0) is 48.5 Å². The first-order valence-corrected chi connectivity index (χ1v) is 13.6. The number of nitrogens with one attached hydrogen (secondary N) is 1. The summed E-state index contributed by atoms with van der Waals surface area (Å²) in [6, 6.07) is 10.7. The van der Waals surface area contributed by atoms with E-state index in [1.54, 1.807) is 30.3 Å². The van der Waals surface area contributed by atoms with Crippen LogP contribution in [-0.4, -0.2) is 87.5 Å². The molecule has 2 saturated heterocycles. The summed E-state index contributed by atoms with van der Waals surface area (Å²) < 4.78 is 33.2. The van der Waals surface area contributed by atoms with Gasteiger partial charge in [0.05, 0.1) is 34.4 Å². The summed E-state index contributed by atoms with van der Waals surface area (Å²) in [5.74, 6) is -0.437. The number of hydrogen-bond donors (Lipinski definition) is 1. The molecule has 0 radical (unpaired) electrons. The predicted octanol–water partition coefficient (Wildman–Crippen LogP) is 2.41. The van der Waals surface area contributed by atoms with Crippen LogP contribution in [0.5, 0.6) is 0 Å². The minimum atomic E-state index is -3.74. The molecule has 1 N–H and O–H groups in total. The number of hydrogen-bond acceptors (Lipinski definition) is 8. The molecule has 0 spiro atoms. The molecule has 11 nitrogen and oxygen atoms in total. The number of likely N-dealkylation sites (N-methyl/N-ethyl adjacent to an activating group) is 1. The van der Waals surface area contributed by atoms with Gasteiger partial charge in [-0.3, -0.25) is 14.9 Å². The smallest absolute Gasteiger partial charge is 0.269 e. The van der Waals surface area contributed by atoms with Gasteiger partial charge in [0.2, 0.25) is 15.9 Å². The summed E-state index contributed by atoms with van der Waals surface area (Å²) >= 11 is 0. The van der Waals surface area contributed by atoms with Crippen LogP contribution >= 0.6 is 0 Å². The zero-order valence-corrected chi connectivity index (χ0v) is 21.5. The fraction of sp³-hybridized carbons (Fsp3) is 0.400. The van der Waals surface area contributed by atoms with Crippen molar-refractivity contribution < 1.29 is 22.9 Å². The van der Waals surface area contributed by atoms with Gasteiger partial charge in [0.25, 0.3) is 5.69 Å². The summed E-state index contributed by atoms with van der Waals surface area (Å²) in [6.45, 7) is 7.58. The van der Waals surface area contributed by atoms with E-state index in [0.29, 0.717) is 24.5 Å². The number of carbonyl (C=O) groups is 1. The van der Waals surface area contributed by atoms with Crippen molar-refractivity contribution in [3.05, 3.63) is 64.2 Å². The van der Waals surface area contributed by atoms with Gasteiger partial charge in [0.15, 0.2) is 0 Å². The van der Waals surface area contributed by atoms with Crippen LogP contribution in [0.4, 0.5) is 17.1 Å². The molecule has 0 saturated carbocycles. The van der Waals surface area contributed by atoms with Crippen LogP contribution in [0.1, 0.15) is 12.5 Å². The van der Waals surface area contributed by atoms with Crippen molar-refractivity contribution >= 4 is 39.1 Å². The molecule has 0 aromatic heterocycles. The first-order chi connectivity index (χ1) is 17.8. The standard InChI is InChI=1S/C25H31N5O6S/c1-2-27-11-13-28(14-12-27)24-9-8-22(37(34,35)29-15-17-36-18-16-29)19-23(24)26-25(31)10-5-20-3-6-21(7-4-20)30(32)33/h3-10,19H,2,11-18H2,1H3,(H,26,31)/b10-5+. The van der Waals surface area contributed by atoms with Gasteiger partial charge in [-0.25, -0.2) is 8.42 Å². The third-order valence-corrected chi connectivity index (χ3v) is 8.42. The summed E-state index contributed by atoms with van der Waals surface area (Å²) in [4.78, 5) is 27.8. The molecule has 2 fully saturated rings. The van der Waals surface area contributed by atoms with Gasteiger partial charge in [0.1, 0.15) is 0 Å². The van der Waals surface area contributed by atoms with Crippen molar-refractivity contribution in [3.63, 3.8) is 0 Å². The average molecular weight is 530 g/mol. The number of rotatable bonds is 8. The zero-order chi connectivity index (χ0) is 26.4. The third-order valence-electron chi connectivity index (χ3n) is 6.52. The van der Waals surface area contributed by atoms with Crippen LogP contribution in [0.2, 0.25) is 0 Å². The van der Waals surface area contributed by atoms with Crippen molar-refractivity contribution in [1.82, 2.24) is 9.21 Å². The maximum atomic E-state index is 13.3. The van der Waals surface area contributed by atoms with Crippen molar-refractivity contribution in [2.75, 3.05) is 69.2 Å². The van der Waals surface area contributed by atoms with Gasteiger partial charge in [-0.15, -0.1) is 0 Å². The molecule has 4 rings (SSSR count). The molecule has 2 aromatic rings. The van der Waals surface area contributed by atoms with E-state index in [1.165, 1.54) is 28.6 Å². The summed E-state index contributed by atoms with van der Waals surface area (Å²) in [5, 5.41) is 13.7. The largest absolute Gasteiger partial charge is 0.379 e. The van der Waals surface area contributed by atoms with Crippen LogP contribution in [-0.2, 0) is 19.6 Å². The van der Waals surface area contributed by atoms with Gasteiger partial charge in [-0.1, -0.05) is 6.92 Å². The Kier molecular flexibility index (Phi) is 8.54. The van der Waals surface area contributed by atoms with Crippen molar-refractivity contribution in [2.24, 2.45) is 0 Å². The first kappa shape index (κ1) is 26.7. The van der Waals surface area contributed by atoms with Crippen LogP contribution < -0.4 is 10.2 Å². The molecule has 2 aliphatic rings. The second kappa shape index (κ2) is 11.8. The van der Waals surface area contributed by atoms with E-state index in [9.17, 15) is 23.3 Å². The quantitative estimate of drug-likeness (QED) is 0.314. The maximum absolute atomic E-state index is 13.3. The zero-order valence-electron chi connectivity index (χ0n) is 20.7. The minimum absolute atomic E-state index is 0.0345. The highest BCUT2D eigenvalue weighted by Crippen LogP contribution is 2.31. The van der Waals surface area contributed by atoms with E-state index in [0.717, 1.165) is 38.4 Å². The molecule has 12 heteroatoms. The number of sulfonamides is 1. The molecule has 0 unspecified atom stereocenters. The molecule has 0 aliphatic carbocycles. The highest BCUT2D eigenvalue weighted by Gasteiger charge is 2.28. The Bertz CT molecular complexity index is 1250. The Labute approximate surface area is 216 Å². The topological polar surface area (TPSA) is 125 Å². The molecule has 198 valence electrons. The lowest BCUT2D eigenvalue weighted by Crippen LogP contribution is -2.46. The number of piperazine rings is 1. The Morgan fingerprint density at radius 1 is 1.05 bits per heavy atom. The lowest BCUT2D eigenvalue weighted by molar-refractivity contribution is -0.384. The fourth-order valence-corrected chi connectivity index (χ4v) is 5.78. The number of anilines is 2. The highest BCUT2D eigenvalue weighted by atomic mass is 32.2. The van der Waals surface area contributed by atoms with Crippen molar-refractivity contribution in [2.45, 2.75) is 11.8 Å². The molecule has 37 heavy (non-hydrogen) atoms. The monoisotopic (exact) mass is 529 g/mol. The first-order valence-electron chi connectivity index (χ1n) is 12.2. The molecule has 2 heterocycles. The normalized spacial score (nSPS) is 17.7. The number of ether oxygens (including phenoxy) is 1. The Morgan fingerprint density at radius 3 is 2.35 bits per heavy atom. The summed E-state index contributed by atoms with van der Waals surface area (Å²) in [7, 11) is -3.74. The van der Waals surface area contributed by atoms with Crippen molar-refractivity contribution in [1.29, 1.82) is 0 Å². The Balaban J connectivity index is 1.58. The molecule has 0 bridgehead atoms. The molecular weight excluding hydrogens is 498 g/mol. The van der Waals surface area contributed by atoms with Crippen LogP contribution in [0, 0.1) is 10.1 Å². The number of non-ortho nitro benzene ring substituents is 1. The lowest BCUT2D eigenvalue weighted by Gasteiger charge is -2.36. The van der Waals surface area contributed by atoms with E-state index >= 15 is 0 Å². The third kappa shape index (κ3) is 6.52. The van der Waals surface area contributed by atoms with Gasteiger partial charge >= 0.3 is 0 Å². The number of amides is 1. The molecule has 2 aromatic carbocycles. The fourth-order valence-electron chi connectivity index (χ4n) is 4.35. The Morgan fingerprint density at radius 2 is 1.73 bits per heavy atom. The SMILES string of the molecule is CCN1CCN(c2ccc(S(=O)(=O)N3CCOCC3)cc2NC(=O)/C=C/c2ccc([N+](=O)[O-])cc2)CC1. The molecule has 1 amide bonds. The van der Waals surface area contributed by atoms with Crippen molar-refractivity contribution in [3.8, 4) is 0 Å². The van der Waals surface area contributed by atoms with E-state index in [4.69, 9.17) is 4.74 Å². The summed E-state index contributed by atoms with van der Waals surface area (Å²) in [6.07, 6.45) is 2.87. The number of morpholine rings is 1. The highest BCUT2D eigenvalue weighted by molar-refractivity contribution is 7.89. The second-order valence-corrected chi connectivity index (χ2v) is 10.7. The average Bonchev–Trinajstić information content (AvgIpc) is 2.92. The second-order valence-electron chi connectivity index (χ2n) is 8.79. The van der Waals surface area contributed by atoms with Crippen LogP contribution in [0.3, 0.4) is 0 Å². The van der Waals surface area contributed by atoms with E-state index in [-0.39, 0.29) is 23.7 Å². The van der Waals surface area contributed by atoms with Crippen LogP contribution in [0.25, 0.3) is 6.08 Å². The van der Waals surface area contributed by atoms with E-state index in [2.05, 4.69) is 22.0 Å². The number of nitro groups is 1. The number of carbonyl (C=O) groups excluding carboxylic acids is 1. The number of nitrogens with zero attached hydrogens (tertiary/aromatic N) is 4. The minimum Gasteiger partial charge on any atom is -0.379 e. The molecule has 0 atom stereocenters. The number of nitro benzene ring substituents is 1. The number of benzene rings is 2. The summed E-state index contributed by atoms with van der Waals surface area (Å²) in [5.41, 5.74) is 1.76. The molecular formula is C25H31N5O6S. The predicted molar refractivity (Wildman–Crippen MR) is 141 cm³/mol. The Hall–Kier alpha value is -3.32. The van der Waals surface area contributed by atoms with E-state index in [1.807, 2.05) is 0 Å². The van der Waals surface area contributed by atoms with Gasteiger partial charge in [0, 0.05) is 57.5 Å².